The molecule has 184 valence electrons. The number of nitrogens with zero attached hydrogens (tertiary/aromatic N) is 3. The van der Waals surface area contributed by atoms with Crippen LogP contribution in [0.3, 0.4) is 0 Å². The predicted molar refractivity (Wildman–Crippen MR) is 130 cm³/mol. The Kier molecular flexibility index (Phi) is 7.87. The van der Waals surface area contributed by atoms with Crippen molar-refractivity contribution in [1.82, 2.24) is 20.4 Å². The van der Waals surface area contributed by atoms with Crippen LogP contribution in [0.5, 0.6) is 0 Å². The number of carbonyl (C=O) groups excluding carboxylic acids is 2. The lowest BCUT2D eigenvalue weighted by molar-refractivity contribution is -0.121. The number of amides is 2. The third-order valence-corrected chi connectivity index (χ3v) is 6.23. The van der Waals surface area contributed by atoms with Gasteiger partial charge in [-0.05, 0) is 69.1 Å². The molecular weight excluding hydrogens is 449 g/mol. The van der Waals surface area contributed by atoms with Crippen molar-refractivity contribution in [2.45, 2.75) is 45.7 Å². The standard InChI is InChI=1S/C26H30FN5O3/c1-3-17(2)28-26(34)21-8-4-5-9-22(21)29-25(33)19-7-6-14-32(15-19)16-23-30-24(31-35-23)18-10-12-20(27)13-11-18/h4-5,8-13,17,19H,3,6-7,14-16H2,1-2H3,(H,28,34)(H,29,33). The van der Waals surface area contributed by atoms with Crippen LogP contribution in [0.1, 0.15) is 49.4 Å². The lowest BCUT2D eigenvalue weighted by Crippen LogP contribution is -2.40. The highest BCUT2D eigenvalue weighted by atomic mass is 19.1. The molecule has 1 fully saturated rings. The fourth-order valence-electron chi connectivity index (χ4n) is 4.07. The second-order valence-electron chi connectivity index (χ2n) is 8.91. The van der Waals surface area contributed by atoms with Crippen molar-refractivity contribution < 1.29 is 18.5 Å². The molecule has 2 amide bonds. The van der Waals surface area contributed by atoms with E-state index in [1.165, 1.54) is 12.1 Å². The normalized spacial score (nSPS) is 17.1. The number of anilines is 1. The lowest BCUT2D eigenvalue weighted by atomic mass is 9.96. The van der Waals surface area contributed by atoms with Crippen LogP contribution >= 0.6 is 0 Å². The molecule has 9 heteroatoms. The van der Waals surface area contributed by atoms with Crippen molar-refractivity contribution in [2.75, 3.05) is 18.4 Å². The SMILES string of the molecule is CCC(C)NC(=O)c1ccccc1NC(=O)C1CCCN(Cc2nc(-c3ccc(F)cc3)no2)C1. The lowest BCUT2D eigenvalue weighted by Gasteiger charge is -2.31. The summed E-state index contributed by atoms with van der Waals surface area (Å²) in [7, 11) is 0. The van der Waals surface area contributed by atoms with E-state index in [1.54, 1.807) is 36.4 Å². The van der Waals surface area contributed by atoms with E-state index < -0.39 is 0 Å². The van der Waals surface area contributed by atoms with Crippen molar-refractivity contribution >= 4 is 17.5 Å². The molecule has 35 heavy (non-hydrogen) atoms. The quantitative estimate of drug-likeness (QED) is 0.501. The number of benzene rings is 2. The molecule has 1 aliphatic rings. The number of nitrogens with one attached hydrogen (secondary N) is 2. The van der Waals surface area contributed by atoms with Crippen LogP contribution in [0, 0.1) is 11.7 Å². The van der Waals surface area contributed by atoms with E-state index in [-0.39, 0.29) is 29.6 Å². The van der Waals surface area contributed by atoms with Gasteiger partial charge < -0.3 is 15.2 Å². The zero-order valence-electron chi connectivity index (χ0n) is 20.0. The number of carbonyl (C=O) groups is 2. The molecule has 0 spiro atoms. The summed E-state index contributed by atoms with van der Waals surface area (Å²) >= 11 is 0. The Bertz CT molecular complexity index is 1160. The summed E-state index contributed by atoms with van der Waals surface area (Å²) in [5.74, 6) is -0.0243. The van der Waals surface area contributed by atoms with E-state index in [0.29, 0.717) is 41.6 Å². The Balaban J connectivity index is 1.37. The number of hydrogen-bond donors (Lipinski definition) is 2. The molecule has 0 radical (unpaired) electrons. The molecule has 2 aromatic carbocycles. The number of rotatable bonds is 8. The highest BCUT2D eigenvalue weighted by Gasteiger charge is 2.28. The Morgan fingerprint density at radius 2 is 1.97 bits per heavy atom. The molecule has 1 saturated heterocycles. The van der Waals surface area contributed by atoms with Gasteiger partial charge in [0.15, 0.2) is 0 Å². The van der Waals surface area contributed by atoms with Gasteiger partial charge in [-0.25, -0.2) is 4.39 Å². The summed E-state index contributed by atoms with van der Waals surface area (Å²) in [4.78, 5) is 32.3. The molecule has 2 atom stereocenters. The van der Waals surface area contributed by atoms with Crippen LogP contribution in [-0.4, -0.2) is 46.0 Å². The summed E-state index contributed by atoms with van der Waals surface area (Å²) in [6.45, 7) is 5.73. The fraction of sp³-hybridized carbons (Fsp3) is 0.385. The van der Waals surface area contributed by atoms with Gasteiger partial charge in [-0.3, -0.25) is 14.5 Å². The number of aromatic nitrogens is 2. The van der Waals surface area contributed by atoms with Gasteiger partial charge in [-0.1, -0.05) is 24.2 Å². The van der Waals surface area contributed by atoms with Crippen LogP contribution in [0.4, 0.5) is 10.1 Å². The maximum Gasteiger partial charge on any atom is 0.253 e. The zero-order valence-corrected chi connectivity index (χ0v) is 20.0. The summed E-state index contributed by atoms with van der Waals surface area (Å²) in [6.07, 6.45) is 2.44. The highest BCUT2D eigenvalue weighted by molar-refractivity contribution is 6.04. The number of piperidine rings is 1. The summed E-state index contributed by atoms with van der Waals surface area (Å²) in [6, 6.07) is 13.0. The minimum absolute atomic E-state index is 0.0476. The predicted octanol–water partition coefficient (Wildman–Crippen LogP) is 4.25. The fourth-order valence-corrected chi connectivity index (χ4v) is 4.07. The molecular formula is C26H30FN5O3. The molecule has 1 aliphatic heterocycles. The van der Waals surface area contributed by atoms with E-state index in [1.807, 2.05) is 13.8 Å². The molecule has 4 rings (SSSR count). The zero-order chi connectivity index (χ0) is 24.8. The maximum atomic E-state index is 13.2. The van der Waals surface area contributed by atoms with Crippen LogP contribution in [0.25, 0.3) is 11.4 Å². The van der Waals surface area contributed by atoms with Gasteiger partial charge in [0.05, 0.1) is 23.7 Å². The second-order valence-corrected chi connectivity index (χ2v) is 8.91. The van der Waals surface area contributed by atoms with Gasteiger partial charge in [-0.2, -0.15) is 4.98 Å². The van der Waals surface area contributed by atoms with E-state index in [4.69, 9.17) is 4.52 Å². The average Bonchev–Trinajstić information content (AvgIpc) is 3.33. The van der Waals surface area contributed by atoms with E-state index in [2.05, 4.69) is 25.7 Å². The van der Waals surface area contributed by atoms with Gasteiger partial charge in [0.2, 0.25) is 17.6 Å². The third kappa shape index (κ3) is 6.30. The van der Waals surface area contributed by atoms with Crippen LogP contribution in [0.2, 0.25) is 0 Å². The molecule has 2 N–H and O–H groups in total. The van der Waals surface area contributed by atoms with Crippen molar-refractivity contribution in [3.05, 3.63) is 65.8 Å². The van der Waals surface area contributed by atoms with Crippen molar-refractivity contribution in [3.63, 3.8) is 0 Å². The van der Waals surface area contributed by atoms with Gasteiger partial charge in [-0.15, -0.1) is 0 Å². The smallest absolute Gasteiger partial charge is 0.253 e. The van der Waals surface area contributed by atoms with Gasteiger partial charge >= 0.3 is 0 Å². The number of hydrogen-bond acceptors (Lipinski definition) is 6. The van der Waals surface area contributed by atoms with Crippen LogP contribution < -0.4 is 10.6 Å². The molecule has 0 bridgehead atoms. The summed E-state index contributed by atoms with van der Waals surface area (Å²) < 4.78 is 18.5. The van der Waals surface area contributed by atoms with E-state index in [9.17, 15) is 14.0 Å². The van der Waals surface area contributed by atoms with Crippen molar-refractivity contribution in [3.8, 4) is 11.4 Å². The first-order valence-electron chi connectivity index (χ1n) is 11.9. The van der Waals surface area contributed by atoms with Gasteiger partial charge in [0.1, 0.15) is 5.82 Å². The van der Waals surface area contributed by atoms with Crippen molar-refractivity contribution in [2.24, 2.45) is 5.92 Å². The summed E-state index contributed by atoms with van der Waals surface area (Å²) in [5.41, 5.74) is 1.64. The monoisotopic (exact) mass is 479 g/mol. The molecule has 0 saturated carbocycles. The minimum atomic E-state index is -0.325. The second kappa shape index (κ2) is 11.2. The van der Waals surface area contributed by atoms with E-state index >= 15 is 0 Å². The summed E-state index contributed by atoms with van der Waals surface area (Å²) in [5, 5.41) is 9.90. The van der Waals surface area contributed by atoms with Crippen LogP contribution in [-0.2, 0) is 11.3 Å². The van der Waals surface area contributed by atoms with E-state index in [0.717, 1.165) is 25.8 Å². The average molecular weight is 480 g/mol. The van der Waals surface area contributed by atoms with Gasteiger partial charge in [0.25, 0.3) is 5.91 Å². The molecule has 0 aliphatic carbocycles. The first-order chi connectivity index (χ1) is 16.9. The van der Waals surface area contributed by atoms with Crippen LogP contribution in [0.15, 0.2) is 53.1 Å². The maximum absolute atomic E-state index is 13.2. The molecule has 1 aromatic heterocycles. The largest absolute Gasteiger partial charge is 0.350 e. The first-order valence-corrected chi connectivity index (χ1v) is 11.9. The Morgan fingerprint density at radius 3 is 2.74 bits per heavy atom. The molecule has 2 heterocycles. The van der Waals surface area contributed by atoms with Gasteiger partial charge in [0, 0.05) is 18.2 Å². The number of halogens is 1. The molecule has 2 unspecified atom stereocenters. The molecule has 8 nitrogen and oxygen atoms in total. The first kappa shape index (κ1) is 24.5. The number of para-hydroxylation sites is 1. The number of likely N-dealkylation sites (tertiary alicyclic amines) is 1. The Labute approximate surface area is 203 Å². The minimum Gasteiger partial charge on any atom is -0.350 e. The third-order valence-electron chi connectivity index (χ3n) is 6.23. The molecule has 3 aromatic rings. The topological polar surface area (TPSA) is 100 Å². The highest BCUT2D eigenvalue weighted by Crippen LogP contribution is 2.23. The Hall–Kier alpha value is -3.59. The van der Waals surface area contributed by atoms with Crippen molar-refractivity contribution in [1.29, 1.82) is 0 Å². The Morgan fingerprint density at radius 1 is 1.20 bits per heavy atom.